The van der Waals surface area contributed by atoms with Crippen LogP contribution >= 0.6 is 11.6 Å². The number of hydrogen-bond acceptors (Lipinski definition) is 7. The summed E-state index contributed by atoms with van der Waals surface area (Å²) in [4.78, 5) is 12.2. The van der Waals surface area contributed by atoms with Gasteiger partial charge in [0.05, 0.1) is 0 Å². The summed E-state index contributed by atoms with van der Waals surface area (Å²) >= 11 is 5.84. The summed E-state index contributed by atoms with van der Waals surface area (Å²) in [5.74, 6) is 0.927. The lowest BCUT2D eigenvalue weighted by Gasteiger charge is -2.08. The van der Waals surface area contributed by atoms with Crippen molar-refractivity contribution in [1.29, 1.82) is 0 Å². The van der Waals surface area contributed by atoms with E-state index in [9.17, 15) is 0 Å². The van der Waals surface area contributed by atoms with Crippen molar-refractivity contribution >= 4 is 23.5 Å². The molecule has 108 valence electrons. The van der Waals surface area contributed by atoms with Crippen molar-refractivity contribution in [1.82, 2.24) is 15.0 Å². The zero-order valence-corrected chi connectivity index (χ0v) is 12.0. The van der Waals surface area contributed by atoms with Gasteiger partial charge in [-0.25, -0.2) is 0 Å². The second-order valence-electron chi connectivity index (χ2n) is 3.80. The minimum absolute atomic E-state index is 0.165. The molecule has 19 heavy (non-hydrogen) atoms. The van der Waals surface area contributed by atoms with Gasteiger partial charge < -0.3 is 20.1 Å². The molecule has 1 aromatic heterocycles. The zero-order chi connectivity index (χ0) is 13.9. The van der Waals surface area contributed by atoms with Crippen LogP contribution in [-0.2, 0) is 9.47 Å². The Balaban J connectivity index is 2.41. The number of methoxy groups -OCH3 is 2. The normalized spacial score (nSPS) is 10.5. The van der Waals surface area contributed by atoms with Crippen molar-refractivity contribution in [3.63, 3.8) is 0 Å². The Bertz CT molecular complexity index is 337. The molecule has 0 aliphatic heterocycles. The Morgan fingerprint density at radius 3 is 1.79 bits per heavy atom. The van der Waals surface area contributed by atoms with E-state index in [1.807, 2.05) is 0 Å². The Kier molecular flexibility index (Phi) is 8.11. The molecule has 2 N–H and O–H groups in total. The molecule has 0 unspecified atom stereocenters. The molecule has 0 bridgehead atoms. The van der Waals surface area contributed by atoms with Gasteiger partial charge in [0.25, 0.3) is 0 Å². The predicted molar refractivity (Wildman–Crippen MR) is 74.8 cm³/mol. The second-order valence-corrected chi connectivity index (χ2v) is 4.14. The minimum Gasteiger partial charge on any atom is -0.385 e. The largest absolute Gasteiger partial charge is 0.385 e. The molecule has 0 aromatic carbocycles. The van der Waals surface area contributed by atoms with Gasteiger partial charge in [0.2, 0.25) is 17.2 Å². The van der Waals surface area contributed by atoms with Gasteiger partial charge in [-0.3, -0.25) is 0 Å². The summed E-state index contributed by atoms with van der Waals surface area (Å²) in [5, 5.41) is 6.31. The molecule has 0 saturated carbocycles. The van der Waals surface area contributed by atoms with Crippen LogP contribution < -0.4 is 10.6 Å². The Morgan fingerprint density at radius 1 is 0.895 bits per heavy atom. The van der Waals surface area contributed by atoms with E-state index >= 15 is 0 Å². The average Bonchev–Trinajstić information content (AvgIpc) is 2.39. The molecule has 1 rings (SSSR count). The van der Waals surface area contributed by atoms with Gasteiger partial charge >= 0.3 is 0 Å². The first-order valence-electron chi connectivity index (χ1n) is 6.13. The Labute approximate surface area is 118 Å². The van der Waals surface area contributed by atoms with Gasteiger partial charge in [-0.2, -0.15) is 15.0 Å². The summed E-state index contributed by atoms with van der Waals surface area (Å²) in [6.07, 6.45) is 1.74. The molecule has 0 atom stereocenters. The summed E-state index contributed by atoms with van der Waals surface area (Å²) in [6, 6.07) is 0. The summed E-state index contributed by atoms with van der Waals surface area (Å²) < 4.78 is 9.92. The van der Waals surface area contributed by atoms with Crippen molar-refractivity contribution in [3.05, 3.63) is 5.28 Å². The maximum absolute atomic E-state index is 5.84. The summed E-state index contributed by atoms with van der Waals surface area (Å²) in [6.45, 7) is 2.82. The Hall–Kier alpha value is -1.18. The zero-order valence-electron chi connectivity index (χ0n) is 11.3. The van der Waals surface area contributed by atoms with E-state index in [-0.39, 0.29) is 5.28 Å². The standard InChI is InChI=1S/C11H20ClN5O2/c1-18-7-3-5-13-10-15-9(12)16-11(17-10)14-6-4-8-19-2/h3-8H2,1-2H3,(H2,13,14,15,16,17). The van der Waals surface area contributed by atoms with E-state index in [1.54, 1.807) is 14.2 Å². The van der Waals surface area contributed by atoms with Crippen molar-refractivity contribution in [3.8, 4) is 0 Å². The fourth-order valence-corrected chi connectivity index (χ4v) is 1.50. The highest BCUT2D eigenvalue weighted by molar-refractivity contribution is 6.28. The number of rotatable bonds is 10. The van der Waals surface area contributed by atoms with E-state index in [4.69, 9.17) is 21.1 Å². The van der Waals surface area contributed by atoms with Gasteiger partial charge in [0.1, 0.15) is 0 Å². The van der Waals surface area contributed by atoms with E-state index in [0.29, 0.717) is 25.1 Å². The van der Waals surface area contributed by atoms with E-state index in [2.05, 4.69) is 25.6 Å². The number of anilines is 2. The van der Waals surface area contributed by atoms with Crippen LogP contribution in [0.15, 0.2) is 0 Å². The summed E-state index contributed by atoms with van der Waals surface area (Å²) in [5.41, 5.74) is 0. The van der Waals surface area contributed by atoms with Crippen LogP contribution in [0.25, 0.3) is 0 Å². The fraction of sp³-hybridized carbons (Fsp3) is 0.727. The van der Waals surface area contributed by atoms with Gasteiger partial charge in [0.15, 0.2) is 0 Å². The van der Waals surface area contributed by atoms with E-state index < -0.39 is 0 Å². The third-order valence-corrected chi connectivity index (χ3v) is 2.39. The predicted octanol–water partition coefficient (Wildman–Crippen LogP) is 1.42. The first-order valence-corrected chi connectivity index (χ1v) is 6.51. The minimum atomic E-state index is 0.165. The molecular formula is C11H20ClN5O2. The van der Waals surface area contributed by atoms with E-state index in [0.717, 1.165) is 25.9 Å². The highest BCUT2D eigenvalue weighted by atomic mass is 35.5. The number of ether oxygens (including phenoxy) is 2. The molecule has 0 aliphatic rings. The second kappa shape index (κ2) is 9.71. The Morgan fingerprint density at radius 2 is 1.37 bits per heavy atom. The molecule has 0 fully saturated rings. The van der Waals surface area contributed by atoms with Crippen LogP contribution in [0.3, 0.4) is 0 Å². The highest BCUT2D eigenvalue weighted by Gasteiger charge is 2.04. The topological polar surface area (TPSA) is 81.2 Å². The summed E-state index contributed by atoms with van der Waals surface area (Å²) in [7, 11) is 3.34. The van der Waals surface area contributed by atoms with Crippen molar-refractivity contribution in [2.45, 2.75) is 12.8 Å². The molecule has 0 radical (unpaired) electrons. The van der Waals surface area contributed by atoms with E-state index in [1.165, 1.54) is 0 Å². The number of aromatic nitrogens is 3. The van der Waals surface area contributed by atoms with Gasteiger partial charge in [-0.05, 0) is 24.4 Å². The maximum Gasteiger partial charge on any atom is 0.228 e. The molecule has 1 aromatic rings. The molecule has 8 heteroatoms. The van der Waals surface area contributed by atoms with Crippen LogP contribution in [0.4, 0.5) is 11.9 Å². The molecule has 0 spiro atoms. The molecule has 0 amide bonds. The lowest BCUT2D eigenvalue weighted by molar-refractivity contribution is 0.197. The molecule has 7 nitrogen and oxygen atoms in total. The van der Waals surface area contributed by atoms with Gasteiger partial charge in [0, 0.05) is 40.5 Å². The average molecular weight is 290 g/mol. The van der Waals surface area contributed by atoms with Crippen molar-refractivity contribution < 1.29 is 9.47 Å². The van der Waals surface area contributed by atoms with Crippen LogP contribution in [0.2, 0.25) is 5.28 Å². The number of nitrogens with zero attached hydrogens (tertiary/aromatic N) is 3. The molecular weight excluding hydrogens is 270 g/mol. The SMILES string of the molecule is COCCCNc1nc(Cl)nc(NCCCOC)n1. The molecule has 1 heterocycles. The van der Waals surface area contributed by atoms with Gasteiger partial charge in [-0.15, -0.1) is 0 Å². The molecule has 0 saturated heterocycles. The fourth-order valence-electron chi connectivity index (χ4n) is 1.34. The monoisotopic (exact) mass is 289 g/mol. The number of hydrogen-bond donors (Lipinski definition) is 2. The first-order chi connectivity index (χ1) is 9.26. The highest BCUT2D eigenvalue weighted by Crippen LogP contribution is 2.09. The number of halogens is 1. The van der Waals surface area contributed by atoms with Crippen LogP contribution in [0.1, 0.15) is 12.8 Å². The maximum atomic E-state index is 5.84. The quantitative estimate of drug-likeness (QED) is 0.630. The van der Waals surface area contributed by atoms with Crippen LogP contribution in [0.5, 0.6) is 0 Å². The lowest BCUT2D eigenvalue weighted by Crippen LogP contribution is -2.12. The molecule has 0 aliphatic carbocycles. The van der Waals surface area contributed by atoms with Crippen molar-refractivity contribution in [2.24, 2.45) is 0 Å². The van der Waals surface area contributed by atoms with Crippen LogP contribution in [-0.4, -0.2) is 55.5 Å². The van der Waals surface area contributed by atoms with Gasteiger partial charge in [-0.1, -0.05) is 0 Å². The van der Waals surface area contributed by atoms with Crippen LogP contribution in [0, 0.1) is 0 Å². The first kappa shape index (κ1) is 15.9. The third-order valence-electron chi connectivity index (χ3n) is 2.22. The number of nitrogens with one attached hydrogen (secondary N) is 2. The van der Waals surface area contributed by atoms with Crippen molar-refractivity contribution in [2.75, 3.05) is 51.2 Å². The smallest absolute Gasteiger partial charge is 0.228 e. The third kappa shape index (κ3) is 7.09. The lowest BCUT2D eigenvalue weighted by atomic mass is 10.4.